The molecule has 0 aliphatic rings. The molecule has 5 nitrogen and oxygen atoms in total. The van der Waals surface area contributed by atoms with Crippen LogP contribution in [0, 0.1) is 0 Å². The minimum absolute atomic E-state index is 0.264. The average Bonchev–Trinajstić information content (AvgIpc) is 1.61. The van der Waals surface area contributed by atoms with Crippen LogP contribution in [-0.4, -0.2) is 11.9 Å². The van der Waals surface area contributed by atoms with E-state index in [2.05, 4.69) is 9.99 Å². The lowest BCUT2D eigenvalue weighted by Gasteiger charge is -1.88. The first kappa shape index (κ1) is 6.74. The molecule has 0 saturated heterocycles. The Bertz CT molecular complexity index is 116. The second-order valence-electron chi connectivity index (χ2n) is 1.10. The molecule has 0 aromatic heterocycles. The van der Waals surface area contributed by atoms with Gasteiger partial charge in [-0.25, -0.2) is 4.79 Å². The van der Waals surface area contributed by atoms with Crippen molar-refractivity contribution in [3.63, 3.8) is 0 Å². The molecule has 4 N–H and O–H groups in total. The van der Waals surface area contributed by atoms with E-state index >= 15 is 0 Å². The fourth-order valence-electron chi connectivity index (χ4n) is 0.117. The van der Waals surface area contributed by atoms with E-state index in [1.54, 1.807) is 0 Å². The Morgan fingerprint density at radius 1 is 1.62 bits per heavy atom. The summed E-state index contributed by atoms with van der Waals surface area (Å²) in [4.78, 5) is 13.9. The van der Waals surface area contributed by atoms with Gasteiger partial charge < -0.3 is 16.3 Å². The Morgan fingerprint density at radius 3 is 2.25 bits per heavy atom. The van der Waals surface area contributed by atoms with Crippen LogP contribution in [0.5, 0.6) is 0 Å². The van der Waals surface area contributed by atoms with Gasteiger partial charge in [-0.1, -0.05) is 0 Å². The quantitative estimate of drug-likeness (QED) is 0.194. The molecule has 0 aromatic carbocycles. The van der Waals surface area contributed by atoms with Crippen molar-refractivity contribution in [2.45, 2.75) is 6.92 Å². The Morgan fingerprint density at radius 2 is 2.12 bits per heavy atom. The molecular formula is C3H7N3O2. The fourth-order valence-corrected chi connectivity index (χ4v) is 0.117. The lowest BCUT2D eigenvalue weighted by atomic mass is 10.8. The third kappa shape index (κ3) is 4.74. The number of rotatable bonds is 1. The van der Waals surface area contributed by atoms with Crippen LogP contribution in [-0.2, 0) is 9.63 Å². The predicted molar refractivity (Wildman–Crippen MR) is 27.6 cm³/mol. The van der Waals surface area contributed by atoms with E-state index in [1.807, 2.05) is 0 Å². The van der Waals surface area contributed by atoms with E-state index < -0.39 is 5.97 Å². The van der Waals surface area contributed by atoms with E-state index in [9.17, 15) is 4.79 Å². The van der Waals surface area contributed by atoms with Crippen molar-refractivity contribution in [1.82, 2.24) is 0 Å². The van der Waals surface area contributed by atoms with Gasteiger partial charge in [0.25, 0.3) is 0 Å². The molecule has 0 aliphatic heterocycles. The Hall–Kier alpha value is -1.26. The van der Waals surface area contributed by atoms with E-state index in [0.29, 0.717) is 0 Å². The standard InChI is InChI=1S/C3H7N3O2/c1-2(7)8-6-3(4)5/h1H3,(H4,4,5,6). The van der Waals surface area contributed by atoms with Crippen LogP contribution >= 0.6 is 0 Å². The highest BCUT2D eigenvalue weighted by atomic mass is 16.7. The maximum Gasteiger partial charge on any atom is 0.332 e. The van der Waals surface area contributed by atoms with Gasteiger partial charge in [0.15, 0.2) is 0 Å². The van der Waals surface area contributed by atoms with E-state index in [-0.39, 0.29) is 5.96 Å². The summed E-state index contributed by atoms with van der Waals surface area (Å²) < 4.78 is 0. The molecule has 5 heteroatoms. The molecule has 0 atom stereocenters. The van der Waals surface area contributed by atoms with Crippen molar-refractivity contribution >= 4 is 11.9 Å². The van der Waals surface area contributed by atoms with Gasteiger partial charge in [0.2, 0.25) is 5.96 Å². The third-order valence-electron chi connectivity index (χ3n) is 0.280. The summed E-state index contributed by atoms with van der Waals surface area (Å²) in [5.41, 5.74) is 9.58. The highest BCUT2D eigenvalue weighted by molar-refractivity contribution is 5.76. The normalized spacial score (nSPS) is 7.62. The lowest BCUT2D eigenvalue weighted by molar-refractivity contribution is -0.140. The maximum atomic E-state index is 9.91. The largest absolute Gasteiger partial charge is 0.367 e. The topological polar surface area (TPSA) is 90.7 Å². The van der Waals surface area contributed by atoms with Gasteiger partial charge in [0.05, 0.1) is 0 Å². The Labute approximate surface area is 46.3 Å². The number of carbonyl (C=O) groups excluding carboxylic acids is 1. The molecule has 0 spiro atoms. The first-order chi connectivity index (χ1) is 3.63. The van der Waals surface area contributed by atoms with Gasteiger partial charge in [-0.15, -0.1) is 0 Å². The van der Waals surface area contributed by atoms with Crippen LogP contribution < -0.4 is 11.5 Å². The van der Waals surface area contributed by atoms with Crippen LogP contribution in [0.25, 0.3) is 0 Å². The first-order valence-electron chi connectivity index (χ1n) is 1.89. The van der Waals surface area contributed by atoms with Gasteiger partial charge in [-0.05, 0) is 5.16 Å². The summed E-state index contributed by atoms with van der Waals surface area (Å²) in [7, 11) is 0. The van der Waals surface area contributed by atoms with Crippen molar-refractivity contribution in [1.29, 1.82) is 0 Å². The zero-order valence-electron chi connectivity index (χ0n) is 4.42. The molecule has 0 heterocycles. The number of nitrogens with two attached hydrogens (primary N) is 2. The predicted octanol–water partition coefficient (Wildman–Crippen LogP) is -1.26. The molecule has 0 amide bonds. The molecule has 46 valence electrons. The Kier molecular flexibility index (Phi) is 2.39. The summed E-state index contributed by atoms with van der Waals surface area (Å²) in [5.74, 6) is -0.807. The van der Waals surface area contributed by atoms with E-state index in [1.165, 1.54) is 6.92 Å². The summed E-state index contributed by atoms with van der Waals surface area (Å²) in [5, 5.41) is 2.95. The minimum atomic E-state index is -0.543. The molecule has 0 rings (SSSR count). The maximum absolute atomic E-state index is 9.91. The number of hydrogen-bond acceptors (Lipinski definition) is 3. The van der Waals surface area contributed by atoms with Crippen molar-refractivity contribution in [2.75, 3.05) is 0 Å². The number of nitrogens with zero attached hydrogens (tertiary/aromatic N) is 1. The summed E-state index contributed by atoms with van der Waals surface area (Å²) in [6.07, 6.45) is 0. The molecule has 0 unspecified atom stereocenters. The molecule has 0 bridgehead atoms. The highest BCUT2D eigenvalue weighted by Gasteiger charge is 1.86. The summed E-state index contributed by atoms with van der Waals surface area (Å²) in [6, 6.07) is 0. The minimum Gasteiger partial charge on any atom is -0.367 e. The van der Waals surface area contributed by atoms with Crippen LogP contribution in [0.4, 0.5) is 0 Å². The molecule has 0 fully saturated rings. The second kappa shape index (κ2) is 2.84. The summed E-state index contributed by atoms with van der Waals surface area (Å²) >= 11 is 0. The zero-order chi connectivity index (χ0) is 6.57. The molecular weight excluding hydrogens is 110 g/mol. The van der Waals surface area contributed by atoms with E-state index in [4.69, 9.17) is 11.5 Å². The average molecular weight is 117 g/mol. The van der Waals surface area contributed by atoms with Gasteiger partial charge in [-0.2, -0.15) is 0 Å². The number of carbonyl (C=O) groups is 1. The number of guanidine groups is 1. The Balaban J connectivity index is 3.45. The molecule has 0 aliphatic carbocycles. The highest BCUT2D eigenvalue weighted by Crippen LogP contribution is 1.72. The van der Waals surface area contributed by atoms with Gasteiger partial charge >= 0.3 is 5.97 Å². The smallest absolute Gasteiger partial charge is 0.332 e. The molecule has 8 heavy (non-hydrogen) atoms. The fraction of sp³-hybridized carbons (Fsp3) is 0.333. The van der Waals surface area contributed by atoms with Gasteiger partial charge in [0.1, 0.15) is 0 Å². The van der Waals surface area contributed by atoms with Crippen LogP contribution in [0.3, 0.4) is 0 Å². The van der Waals surface area contributed by atoms with Crippen molar-refractivity contribution in [2.24, 2.45) is 16.6 Å². The van der Waals surface area contributed by atoms with E-state index in [0.717, 1.165) is 0 Å². The monoisotopic (exact) mass is 117 g/mol. The summed E-state index contributed by atoms with van der Waals surface area (Å²) in [6.45, 7) is 1.20. The van der Waals surface area contributed by atoms with Crippen LogP contribution in [0.15, 0.2) is 5.16 Å². The lowest BCUT2D eigenvalue weighted by Crippen LogP contribution is -2.23. The molecule has 0 aromatic rings. The van der Waals surface area contributed by atoms with Crippen molar-refractivity contribution < 1.29 is 9.63 Å². The number of oxime groups is 1. The van der Waals surface area contributed by atoms with Crippen LogP contribution in [0.2, 0.25) is 0 Å². The van der Waals surface area contributed by atoms with Gasteiger partial charge in [-0.3, -0.25) is 0 Å². The van der Waals surface area contributed by atoms with Crippen molar-refractivity contribution in [3.05, 3.63) is 0 Å². The number of hydrogen-bond donors (Lipinski definition) is 2. The zero-order valence-corrected chi connectivity index (χ0v) is 4.42. The SMILES string of the molecule is CC(=O)ON=C(N)N. The van der Waals surface area contributed by atoms with Crippen LogP contribution in [0.1, 0.15) is 6.92 Å². The molecule has 0 radical (unpaired) electrons. The molecule has 0 saturated carbocycles. The third-order valence-corrected chi connectivity index (χ3v) is 0.280. The second-order valence-corrected chi connectivity index (χ2v) is 1.10. The van der Waals surface area contributed by atoms with Crippen molar-refractivity contribution in [3.8, 4) is 0 Å². The van der Waals surface area contributed by atoms with Gasteiger partial charge in [0, 0.05) is 6.92 Å². The first-order valence-corrected chi connectivity index (χ1v) is 1.89.